The van der Waals surface area contributed by atoms with E-state index in [1.807, 2.05) is 24.3 Å². The Morgan fingerprint density at radius 1 is 1.33 bits per heavy atom. The van der Waals surface area contributed by atoms with Gasteiger partial charge in [-0.2, -0.15) is 0 Å². The van der Waals surface area contributed by atoms with Crippen LogP contribution in [0.15, 0.2) is 47.3 Å². The van der Waals surface area contributed by atoms with Crippen molar-refractivity contribution in [1.82, 2.24) is 10.2 Å². The summed E-state index contributed by atoms with van der Waals surface area (Å²) < 4.78 is 11.0. The van der Waals surface area contributed by atoms with E-state index in [-0.39, 0.29) is 17.9 Å². The summed E-state index contributed by atoms with van der Waals surface area (Å²) in [6.07, 6.45) is 2.64. The number of nitrogens with one attached hydrogen (secondary N) is 1. The van der Waals surface area contributed by atoms with Crippen LogP contribution in [0, 0.1) is 0 Å². The number of fused-ring (bicyclic) bond motifs is 1. The van der Waals surface area contributed by atoms with Gasteiger partial charge in [0.15, 0.2) is 0 Å². The summed E-state index contributed by atoms with van der Waals surface area (Å²) in [5.41, 5.74) is 1.47. The topological polar surface area (TPSA) is 75.0 Å². The maximum atomic E-state index is 12.6. The van der Waals surface area contributed by atoms with E-state index >= 15 is 0 Å². The van der Waals surface area contributed by atoms with Crippen molar-refractivity contribution >= 4 is 17.5 Å². The minimum Gasteiger partial charge on any atom is -0.485 e. The van der Waals surface area contributed by atoms with Crippen molar-refractivity contribution < 1.29 is 18.7 Å². The minimum absolute atomic E-state index is 0.134. The first-order valence-corrected chi connectivity index (χ1v) is 9.08. The number of carbonyl (C=O) groups is 2. The lowest BCUT2D eigenvalue weighted by Gasteiger charge is -2.37. The van der Waals surface area contributed by atoms with Crippen LogP contribution in [0.5, 0.6) is 5.75 Å². The second kappa shape index (κ2) is 8.16. The number of rotatable bonds is 6. The van der Waals surface area contributed by atoms with Gasteiger partial charge in [-0.05, 0) is 32.0 Å². The summed E-state index contributed by atoms with van der Waals surface area (Å²) in [6, 6.07) is 8.83. The van der Waals surface area contributed by atoms with Gasteiger partial charge in [0.2, 0.25) is 5.91 Å². The van der Waals surface area contributed by atoms with E-state index in [4.69, 9.17) is 9.15 Å². The number of amides is 2. The summed E-state index contributed by atoms with van der Waals surface area (Å²) in [7, 11) is 1.73. The van der Waals surface area contributed by atoms with Gasteiger partial charge in [-0.3, -0.25) is 9.59 Å². The number of furan rings is 1. The molecule has 0 radical (unpaired) electrons. The molecule has 3 rings (SSSR count). The smallest absolute Gasteiger partial charge is 0.255 e. The van der Waals surface area contributed by atoms with Crippen molar-refractivity contribution in [3.63, 3.8) is 0 Å². The lowest BCUT2D eigenvalue weighted by Crippen LogP contribution is -2.51. The number of anilines is 1. The van der Waals surface area contributed by atoms with Crippen molar-refractivity contribution in [1.29, 1.82) is 0 Å². The Bertz CT molecular complexity index is 790. The number of hydrogen-bond donors (Lipinski definition) is 1. The molecule has 2 atom stereocenters. The van der Waals surface area contributed by atoms with Gasteiger partial charge in [0.25, 0.3) is 5.91 Å². The molecule has 1 N–H and O–H groups in total. The van der Waals surface area contributed by atoms with E-state index in [1.54, 1.807) is 24.9 Å². The molecule has 1 aliphatic heterocycles. The number of hydrogen-bond acceptors (Lipinski definition) is 5. The molecule has 0 saturated carbocycles. The molecule has 2 heterocycles. The Morgan fingerprint density at radius 2 is 2.11 bits per heavy atom. The fourth-order valence-electron chi connectivity index (χ4n) is 3.23. The minimum atomic E-state index is -0.643. The Labute approximate surface area is 158 Å². The Hall–Kier alpha value is -2.96. The third kappa shape index (κ3) is 4.24. The van der Waals surface area contributed by atoms with E-state index in [0.29, 0.717) is 18.7 Å². The standard InChI is InChI=1S/C20H25N3O4/c1-4-23-12-16(27-18-8-6-5-7-17(18)23)11-22(3)20(25)14(2)21-19(24)15-9-10-26-13-15/h5-10,13-14,16H,4,11-12H2,1-3H3,(H,21,24)/t14-,16-/m0/s1. The number of ether oxygens (including phenoxy) is 1. The molecule has 2 aromatic rings. The largest absolute Gasteiger partial charge is 0.485 e. The molecule has 1 aromatic heterocycles. The van der Waals surface area contributed by atoms with Crippen LogP contribution in [0.4, 0.5) is 5.69 Å². The zero-order valence-electron chi connectivity index (χ0n) is 15.8. The average molecular weight is 371 g/mol. The third-order valence-electron chi connectivity index (χ3n) is 4.66. The van der Waals surface area contributed by atoms with Crippen LogP contribution in [0.2, 0.25) is 0 Å². The molecule has 27 heavy (non-hydrogen) atoms. The lowest BCUT2D eigenvalue weighted by molar-refractivity contribution is -0.132. The van der Waals surface area contributed by atoms with Crippen molar-refractivity contribution in [2.24, 2.45) is 0 Å². The van der Waals surface area contributed by atoms with Crippen molar-refractivity contribution in [3.8, 4) is 5.75 Å². The molecule has 2 amide bonds. The highest BCUT2D eigenvalue weighted by Gasteiger charge is 2.28. The number of benzene rings is 1. The Balaban J connectivity index is 1.59. The van der Waals surface area contributed by atoms with Crippen LogP contribution in [0.1, 0.15) is 24.2 Å². The fraction of sp³-hybridized carbons (Fsp3) is 0.400. The second-order valence-electron chi connectivity index (χ2n) is 6.67. The summed E-state index contributed by atoms with van der Waals surface area (Å²) in [6.45, 7) is 5.79. The van der Waals surface area contributed by atoms with Gasteiger partial charge in [-0.15, -0.1) is 0 Å². The molecule has 7 nitrogen and oxygen atoms in total. The van der Waals surface area contributed by atoms with Gasteiger partial charge in [0.05, 0.1) is 30.6 Å². The molecule has 144 valence electrons. The van der Waals surface area contributed by atoms with Crippen LogP contribution in [0.25, 0.3) is 0 Å². The monoisotopic (exact) mass is 371 g/mol. The van der Waals surface area contributed by atoms with Crippen LogP contribution in [-0.4, -0.2) is 55.5 Å². The fourth-order valence-corrected chi connectivity index (χ4v) is 3.23. The molecular weight excluding hydrogens is 346 g/mol. The molecule has 0 saturated heterocycles. The predicted molar refractivity (Wildman–Crippen MR) is 102 cm³/mol. The van der Waals surface area contributed by atoms with E-state index in [2.05, 4.69) is 17.1 Å². The second-order valence-corrected chi connectivity index (χ2v) is 6.67. The van der Waals surface area contributed by atoms with Crippen LogP contribution < -0.4 is 15.0 Å². The highest BCUT2D eigenvalue weighted by molar-refractivity contribution is 5.97. The molecule has 0 unspecified atom stereocenters. The van der Waals surface area contributed by atoms with E-state index in [9.17, 15) is 9.59 Å². The molecule has 0 fully saturated rings. The molecular formula is C20H25N3O4. The summed E-state index contributed by atoms with van der Waals surface area (Å²) in [4.78, 5) is 28.6. The Morgan fingerprint density at radius 3 is 2.81 bits per heavy atom. The maximum absolute atomic E-state index is 12.6. The number of carbonyl (C=O) groups excluding carboxylic acids is 2. The molecule has 0 aliphatic carbocycles. The summed E-state index contributed by atoms with van der Waals surface area (Å²) >= 11 is 0. The molecule has 1 aromatic carbocycles. The summed E-state index contributed by atoms with van der Waals surface area (Å²) in [5, 5.41) is 2.69. The number of nitrogens with zero attached hydrogens (tertiary/aromatic N) is 2. The van der Waals surface area contributed by atoms with Gasteiger partial charge < -0.3 is 24.3 Å². The molecule has 1 aliphatic rings. The summed E-state index contributed by atoms with van der Waals surface area (Å²) in [5.74, 6) is 0.327. The average Bonchev–Trinajstić information content (AvgIpc) is 3.21. The van der Waals surface area contributed by atoms with Gasteiger partial charge in [0, 0.05) is 13.6 Å². The van der Waals surface area contributed by atoms with Gasteiger partial charge in [-0.1, -0.05) is 12.1 Å². The van der Waals surface area contributed by atoms with Crippen molar-refractivity contribution in [3.05, 3.63) is 48.4 Å². The first-order valence-electron chi connectivity index (χ1n) is 9.08. The quantitative estimate of drug-likeness (QED) is 0.842. The van der Waals surface area contributed by atoms with Crippen molar-refractivity contribution in [2.75, 3.05) is 31.6 Å². The van der Waals surface area contributed by atoms with Crippen LogP contribution in [0.3, 0.4) is 0 Å². The lowest BCUT2D eigenvalue weighted by atomic mass is 10.1. The molecule has 7 heteroatoms. The predicted octanol–water partition coefficient (Wildman–Crippen LogP) is 2.14. The van der Waals surface area contributed by atoms with Gasteiger partial charge in [-0.25, -0.2) is 0 Å². The molecule has 0 bridgehead atoms. The van der Waals surface area contributed by atoms with Crippen LogP contribution >= 0.6 is 0 Å². The SMILES string of the molecule is CCN1C[C@H](CN(C)C(=O)[C@H](C)NC(=O)c2ccoc2)Oc2ccccc21. The first-order chi connectivity index (χ1) is 13.0. The van der Waals surface area contributed by atoms with Gasteiger partial charge in [0.1, 0.15) is 24.2 Å². The highest BCUT2D eigenvalue weighted by Crippen LogP contribution is 2.32. The van der Waals surface area contributed by atoms with Crippen molar-refractivity contribution in [2.45, 2.75) is 26.0 Å². The number of likely N-dealkylation sites (N-methyl/N-ethyl adjacent to an activating group) is 2. The first kappa shape index (κ1) is 18.8. The maximum Gasteiger partial charge on any atom is 0.255 e. The highest BCUT2D eigenvalue weighted by atomic mass is 16.5. The zero-order valence-corrected chi connectivity index (χ0v) is 15.8. The van der Waals surface area contributed by atoms with E-state index in [1.165, 1.54) is 12.5 Å². The zero-order chi connectivity index (χ0) is 19.4. The van der Waals surface area contributed by atoms with Crippen LogP contribution in [-0.2, 0) is 4.79 Å². The number of para-hydroxylation sites is 2. The Kier molecular flexibility index (Phi) is 5.69. The van der Waals surface area contributed by atoms with Gasteiger partial charge >= 0.3 is 0 Å². The van der Waals surface area contributed by atoms with E-state index in [0.717, 1.165) is 18.0 Å². The van der Waals surface area contributed by atoms with E-state index < -0.39 is 6.04 Å². The normalized spacial score (nSPS) is 16.9. The molecule has 0 spiro atoms. The third-order valence-corrected chi connectivity index (χ3v) is 4.66.